The minimum absolute atomic E-state index is 0.00373. The molecule has 0 radical (unpaired) electrons. The predicted octanol–water partition coefficient (Wildman–Crippen LogP) is 1.46. The standard InChI is InChI=1S/C16H20N4O/c17-20(13-15-6-9-18-10-7-15)11-8-16(21)19-12-14-4-2-1-3-5-14/h1-7,9-10H,8,11-13,17H2,(H,19,21). The molecule has 0 saturated carbocycles. The van der Waals surface area contributed by atoms with E-state index in [1.54, 1.807) is 17.4 Å². The highest BCUT2D eigenvalue weighted by atomic mass is 16.1. The molecule has 1 heterocycles. The first-order chi connectivity index (χ1) is 10.2. The Bertz CT molecular complexity index is 545. The number of hydrazine groups is 1. The minimum atomic E-state index is 0.00373. The maximum absolute atomic E-state index is 11.8. The number of rotatable bonds is 7. The van der Waals surface area contributed by atoms with E-state index < -0.39 is 0 Å². The van der Waals surface area contributed by atoms with Crippen LogP contribution in [0.2, 0.25) is 0 Å². The molecule has 2 aromatic rings. The summed E-state index contributed by atoms with van der Waals surface area (Å²) in [4.78, 5) is 15.7. The van der Waals surface area contributed by atoms with Gasteiger partial charge in [0.2, 0.25) is 5.91 Å². The van der Waals surface area contributed by atoms with Crippen LogP contribution >= 0.6 is 0 Å². The number of aromatic nitrogens is 1. The van der Waals surface area contributed by atoms with Crippen molar-refractivity contribution in [2.75, 3.05) is 6.54 Å². The summed E-state index contributed by atoms with van der Waals surface area (Å²) < 4.78 is 0. The average molecular weight is 284 g/mol. The second kappa shape index (κ2) is 8.14. The van der Waals surface area contributed by atoms with Gasteiger partial charge in [-0.1, -0.05) is 30.3 Å². The number of nitrogens with one attached hydrogen (secondary N) is 1. The molecule has 0 aliphatic rings. The molecule has 3 N–H and O–H groups in total. The van der Waals surface area contributed by atoms with Gasteiger partial charge in [0.05, 0.1) is 0 Å². The summed E-state index contributed by atoms with van der Waals surface area (Å²) in [6, 6.07) is 13.7. The van der Waals surface area contributed by atoms with Gasteiger partial charge in [-0.2, -0.15) is 0 Å². The number of amides is 1. The molecule has 0 atom stereocenters. The number of carbonyl (C=O) groups is 1. The highest BCUT2D eigenvalue weighted by Gasteiger charge is 2.05. The van der Waals surface area contributed by atoms with Crippen LogP contribution < -0.4 is 11.2 Å². The molecule has 5 nitrogen and oxygen atoms in total. The Morgan fingerprint density at radius 3 is 2.52 bits per heavy atom. The Morgan fingerprint density at radius 1 is 1.10 bits per heavy atom. The van der Waals surface area contributed by atoms with Gasteiger partial charge in [0.1, 0.15) is 0 Å². The zero-order valence-corrected chi connectivity index (χ0v) is 11.9. The fourth-order valence-electron chi connectivity index (χ4n) is 1.93. The molecule has 0 unspecified atom stereocenters. The quantitative estimate of drug-likeness (QED) is 0.596. The summed E-state index contributed by atoms with van der Waals surface area (Å²) in [7, 11) is 0. The number of benzene rings is 1. The van der Waals surface area contributed by atoms with Crippen LogP contribution in [0.15, 0.2) is 54.9 Å². The lowest BCUT2D eigenvalue weighted by Gasteiger charge is -2.16. The monoisotopic (exact) mass is 284 g/mol. The van der Waals surface area contributed by atoms with Gasteiger partial charge in [0, 0.05) is 38.4 Å². The molecular weight excluding hydrogens is 264 g/mol. The molecule has 0 fully saturated rings. The third kappa shape index (κ3) is 5.72. The fourth-order valence-corrected chi connectivity index (χ4v) is 1.93. The molecule has 0 spiro atoms. The van der Waals surface area contributed by atoms with Crippen molar-refractivity contribution in [1.29, 1.82) is 0 Å². The topological polar surface area (TPSA) is 71.2 Å². The maximum Gasteiger partial charge on any atom is 0.221 e. The second-order valence-corrected chi connectivity index (χ2v) is 4.84. The number of nitrogens with zero attached hydrogens (tertiary/aromatic N) is 2. The zero-order chi connectivity index (χ0) is 14.9. The van der Waals surface area contributed by atoms with E-state index in [4.69, 9.17) is 5.84 Å². The molecule has 21 heavy (non-hydrogen) atoms. The average Bonchev–Trinajstić information content (AvgIpc) is 2.53. The molecule has 2 rings (SSSR count). The van der Waals surface area contributed by atoms with E-state index in [0.717, 1.165) is 11.1 Å². The maximum atomic E-state index is 11.8. The van der Waals surface area contributed by atoms with Crippen LogP contribution in [0, 0.1) is 0 Å². The van der Waals surface area contributed by atoms with Crippen molar-refractivity contribution in [3.63, 3.8) is 0 Å². The van der Waals surface area contributed by atoms with Crippen LogP contribution in [-0.4, -0.2) is 22.4 Å². The molecular formula is C16H20N4O. The summed E-state index contributed by atoms with van der Waals surface area (Å²) in [6.45, 7) is 1.67. The van der Waals surface area contributed by atoms with E-state index in [0.29, 0.717) is 26.1 Å². The Morgan fingerprint density at radius 2 is 1.81 bits per heavy atom. The van der Waals surface area contributed by atoms with Crippen LogP contribution in [0.5, 0.6) is 0 Å². The zero-order valence-electron chi connectivity index (χ0n) is 11.9. The van der Waals surface area contributed by atoms with Crippen molar-refractivity contribution >= 4 is 5.91 Å². The normalized spacial score (nSPS) is 10.6. The smallest absolute Gasteiger partial charge is 0.221 e. The largest absolute Gasteiger partial charge is 0.352 e. The molecule has 0 saturated heterocycles. The summed E-state index contributed by atoms with van der Waals surface area (Å²) in [5.41, 5.74) is 2.17. The van der Waals surface area contributed by atoms with Crippen molar-refractivity contribution < 1.29 is 4.79 Å². The van der Waals surface area contributed by atoms with Gasteiger partial charge in [0.15, 0.2) is 0 Å². The summed E-state index contributed by atoms with van der Waals surface area (Å²) in [5, 5.41) is 4.52. The van der Waals surface area contributed by atoms with Crippen molar-refractivity contribution in [1.82, 2.24) is 15.3 Å². The van der Waals surface area contributed by atoms with E-state index in [2.05, 4.69) is 10.3 Å². The first-order valence-electron chi connectivity index (χ1n) is 6.93. The SMILES string of the molecule is NN(CCC(=O)NCc1ccccc1)Cc1ccncc1. The van der Waals surface area contributed by atoms with Gasteiger partial charge in [-0.15, -0.1) is 0 Å². The third-order valence-electron chi connectivity index (χ3n) is 3.09. The van der Waals surface area contributed by atoms with Crippen LogP contribution in [0.3, 0.4) is 0 Å². The van der Waals surface area contributed by atoms with E-state index in [-0.39, 0.29) is 5.91 Å². The van der Waals surface area contributed by atoms with E-state index in [1.165, 1.54) is 0 Å². The van der Waals surface area contributed by atoms with E-state index in [9.17, 15) is 4.79 Å². The highest BCUT2D eigenvalue weighted by molar-refractivity contribution is 5.76. The van der Waals surface area contributed by atoms with Crippen LogP contribution in [0.4, 0.5) is 0 Å². The van der Waals surface area contributed by atoms with Gasteiger partial charge in [0.25, 0.3) is 0 Å². The molecule has 1 aromatic carbocycles. The molecule has 0 aliphatic heterocycles. The lowest BCUT2D eigenvalue weighted by molar-refractivity contribution is -0.121. The summed E-state index contributed by atoms with van der Waals surface area (Å²) in [6.07, 6.45) is 3.85. The summed E-state index contributed by atoms with van der Waals surface area (Å²) >= 11 is 0. The first-order valence-corrected chi connectivity index (χ1v) is 6.93. The van der Waals surface area contributed by atoms with Gasteiger partial charge in [-0.05, 0) is 23.3 Å². The number of carbonyl (C=O) groups excluding carboxylic acids is 1. The summed E-state index contributed by atoms with van der Waals surface area (Å²) in [5.74, 6) is 5.90. The number of hydrogen-bond acceptors (Lipinski definition) is 4. The number of nitrogens with two attached hydrogens (primary N) is 1. The van der Waals surface area contributed by atoms with Crippen molar-refractivity contribution in [3.05, 3.63) is 66.0 Å². The van der Waals surface area contributed by atoms with Gasteiger partial charge >= 0.3 is 0 Å². The molecule has 110 valence electrons. The molecule has 0 aliphatic carbocycles. The molecule has 1 amide bonds. The Hall–Kier alpha value is -2.24. The number of pyridine rings is 1. The first kappa shape index (κ1) is 15.2. The van der Waals surface area contributed by atoms with Gasteiger partial charge < -0.3 is 5.32 Å². The predicted molar refractivity (Wildman–Crippen MR) is 81.7 cm³/mol. The molecule has 1 aromatic heterocycles. The Kier molecular flexibility index (Phi) is 5.87. The van der Waals surface area contributed by atoms with Crippen LogP contribution in [-0.2, 0) is 17.9 Å². The van der Waals surface area contributed by atoms with Crippen molar-refractivity contribution in [3.8, 4) is 0 Å². The number of hydrogen-bond donors (Lipinski definition) is 2. The van der Waals surface area contributed by atoms with Crippen molar-refractivity contribution in [2.45, 2.75) is 19.5 Å². The molecule has 5 heteroatoms. The van der Waals surface area contributed by atoms with Gasteiger partial charge in [-0.25, -0.2) is 5.01 Å². The van der Waals surface area contributed by atoms with E-state index in [1.807, 2.05) is 42.5 Å². The lowest BCUT2D eigenvalue weighted by atomic mass is 10.2. The minimum Gasteiger partial charge on any atom is -0.352 e. The molecule has 0 bridgehead atoms. The fraction of sp³-hybridized carbons (Fsp3) is 0.250. The second-order valence-electron chi connectivity index (χ2n) is 4.84. The van der Waals surface area contributed by atoms with Gasteiger partial charge in [-0.3, -0.25) is 15.6 Å². The lowest BCUT2D eigenvalue weighted by Crippen LogP contribution is -2.34. The highest BCUT2D eigenvalue weighted by Crippen LogP contribution is 2.01. The van der Waals surface area contributed by atoms with E-state index >= 15 is 0 Å². The van der Waals surface area contributed by atoms with Crippen LogP contribution in [0.1, 0.15) is 17.5 Å². The van der Waals surface area contributed by atoms with Crippen molar-refractivity contribution in [2.24, 2.45) is 5.84 Å². The Labute approximate surface area is 124 Å². The third-order valence-corrected chi connectivity index (χ3v) is 3.09. The Balaban J connectivity index is 1.66. The van der Waals surface area contributed by atoms with Crippen LogP contribution in [0.25, 0.3) is 0 Å².